The van der Waals surface area contributed by atoms with Crippen molar-refractivity contribution >= 4 is 5.91 Å². The maximum Gasteiger partial charge on any atom is 0.224 e. The van der Waals surface area contributed by atoms with Gasteiger partial charge < -0.3 is 9.47 Å². The van der Waals surface area contributed by atoms with Gasteiger partial charge in [-0.3, -0.25) is 9.69 Å². The summed E-state index contributed by atoms with van der Waals surface area (Å²) in [6, 6.07) is 6.60. The molecule has 0 N–H and O–H groups in total. The molecular weight excluding hydrogens is 343 g/mol. The highest BCUT2D eigenvalue weighted by Crippen LogP contribution is 2.21. The molecule has 1 atom stereocenters. The Bertz CT molecular complexity index is 756. The third kappa shape index (κ3) is 4.95. The van der Waals surface area contributed by atoms with E-state index in [1.54, 1.807) is 12.1 Å². The highest BCUT2D eigenvalue weighted by molar-refractivity contribution is 5.77. The zero-order chi connectivity index (χ0) is 19.4. The number of aryl methyl sites for hydroxylation is 1. The number of hydrogen-bond donors (Lipinski definition) is 0. The number of carbonyl (C=O) groups excluding carboxylic acids is 1. The Labute approximate surface area is 160 Å². The molecule has 3 rings (SSSR count). The second kappa shape index (κ2) is 8.65. The second-order valence-electron chi connectivity index (χ2n) is 7.68. The van der Waals surface area contributed by atoms with E-state index in [0.29, 0.717) is 18.9 Å². The van der Waals surface area contributed by atoms with Crippen LogP contribution in [0.5, 0.6) is 0 Å². The smallest absolute Gasteiger partial charge is 0.224 e. The molecule has 27 heavy (non-hydrogen) atoms. The summed E-state index contributed by atoms with van der Waals surface area (Å²) in [7, 11) is 0. The highest BCUT2D eigenvalue weighted by Gasteiger charge is 2.31. The lowest BCUT2D eigenvalue weighted by atomic mass is 10.0. The summed E-state index contributed by atoms with van der Waals surface area (Å²) in [4.78, 5) is 21.5. The minimum absolute atomic E-state index is 0.147. The van der Waals surface area contributed by atoms with Gasteiger partial charge in [0, 0.05) is 57.6 Å². The van der Waals surface area contributed by atoms with E-state index < -0.39 is 0 Å². The van der Waals surface area contributed by atoms with E-state index in [1.165, 1.54) is 12.1 Å². The molecule has 1 aromatic carbocycles. The molecule has 1 amide bonds. The number of halogens is 1. The van der Waals surface area contributed by atoms with Gasteiger partial charge in [-0.2, -0.15) is 0 Å². The van der Waals surface area contributed by atoms with Crippen LogP contribution >= 0.6 is 0 Å². The molecule has 1 aliphatic rings. The van der Waals surface area contributed by atoms with Crippen molar-refractivity contribution in [3.8, 4) is 0 Å². The first-order valence-electron chi connectivity index (χ1n) is 9.68. The third-order valence-electron chi connectivity index (χ3n) is 5.42. The predicted molar refractivity (Wildman–Crippen MR) is 104 cm³/mol. The standard InChI is InChI=1S/C21H29FN4O/c1-16(2)20-15-24(12-13-25-11-9-23-17(25)3)10-8-21(27)26(20)14-18-4-6-19(22)7-5-18/h4-7,9,11,16,20H,8,10,12-15H2,1-3H3/t20-/m1/s1. The number of rotatable bonds is 6. The van der Waals surface area contributed by atoms with Gasteiger partial charge in [0.1, 0.15) is 11.6 Å². The summed E-state index contributed by atoms with van der Waals surface area (Å²) in [5, 5.41) is 0. The van der Waals surface area contributed by atoms with E-state index in [4.69, 9.17) is 0 Å². The van der Waals surface area contributed by atoms with Gasteiger partial charge in [0.25, 0.3) is 0 Å². The highest BCUT2D eigenvalue weighted by atomic mass is 19.1. The molecule has 0 aliphatic carbocycles. The summed E-state index contributed by atoms with van der Waals surface area (Å²) in [5.41, 5.74) is 0.970. The number of imidazole rings is 1. The number of benzene rings is 1. The Morgan fingerprint density at radius 1 is 1.22 bits per heavy atom. The van der Waals surface area contributed by atoms with Crippen LogP contribution in [0, 0.1) is 18.7 Å². The first-order valence-corrected chi connectivity index (χ1v) is 9.68. The van der Waals surface area contributed by atoms with Crippen LogP contribution in [-0.4, -0.2) is 50.9 Å². The zero-order valence-electron chi connectivity index (χ0n) is 16.4. The second-order valence-corrected chi connectivity index (χ2v) is 7.68. The zero-order valence-corrected chi connectivity index (χ0v) is 16.4. The van der Waals surface area contributed by atoms with Crippen molar-refractivity contribution in [2.45, 2.75) is 46.3 Å². The molecule has 0 unspecified atom stereocenters. The molecule has 5 nitrogen and oxygen atoms in total. The Morgan fingerprint density at radius 3 is 2.59 bits per heavy atom. The van der Waals surface area contributed by atoms with Crippen molar-refractivity contribution in [3.05, 3.63) is 53.9 Å². The lowest BCUT2D eigenvalue weighted by molar-refractivity contribution is -0.134. The van der Waals surface area contributed by atoms with Gasteiger partial charge in [0.15, 0.2) is 0 Å². The van der Waals surface area contributed by atoms with Gasteiger partial charge in [-0.25, -0.2) is 9.37 Å². The Hall–Kier alpha value is -2.21. The van der Waals surface area contributed by atoms with Crippen molar-refractivity contribution in [1.29, 1.82) is 0 Å². The number of nitrogens with zero attached hydrogens (tertiary/aromatic N) is 4. The summed E-state index contributed by atoms with van der Waals surface area (Å²) in [6.07, 6.45) is 4.34. The van der Waals surface area contributed by atoms with Gasteiger partial charge >= 0.3 is 0 Å². The third-order valence-corrected chi connectivity index (χ3v) is 5.42. The molecule has 1 aromatic heterocycles. The number of carbonyl (C=O) groups is 1. The summed E-state index contributed by atoms with van der Waals surface area (Å²) >= 11 is 0. The number of hydrogen-bond acceptors (Lipinski definition) is 3. The molecule has 1 fully saturated rings. The minimum Gasteiger partial charge on any atom is -0.334 e. The van der Waals surface area contributed by atoms with E-state index in [9.17, 15) is 9.18 Å². The first kappa shape index (κ1) is 19.5. The fourth-order valence-corrected chi connectivity index (χ4v) is 3.69. The SMILES string of the molecule is Cc1nccn1CCN1CCC(=O)N(Cc2ccc(F)cc2)[C@@H](C(C)C)C1. The molecule has 0 radical (unpaired) electrons. The van der Waals surface area contributed by atoms with Gasteiger partial charge in [-0.05, 0) is 30.5 Å². The van der Waals surface area contributed by atoms with Crippen LogP contribution in [0.4, 0.5) is 4.39 Å². The van der Waals surface area contributed by atoms with Crippen LogP contribution in [0.25, 0.3) is 0 Å². The van der Waals surface area contributed by atoms with E-state index in [-0.39, 0.29) is 17.8 Å². The lowest BCUT2D eigenvalue weighted by Gasteiger charge is -2.35. The van der Waals surface area contributed by atoms with Crippen molar-refractivity contribution in [2.75, 3.05) is 19.6 Å². The molecule has 146 valence electrons. The van der Waals surface area contributed by atoms with Crippen molar-refractivity contribution in [3.63, 3.8) is 0 Å². The fraction of sp³-hybridized carbons (Fsp3) is 0.524. The minimum atomic E-state index is -0.248. The van der Waals surface area contributed by atoms with Crippen molar-refractivity contribution in [1.82, 2.24) is 19.4 Å². The van der Waals surface area contributed by atoms with E-state index in [1.807, 2.05) is 24.2 Å². The monoisotopic (exact) mass is 372 g/mol. The van der Waals surface area contributed by atoms with E-state index in [2.05, 4.69) is 28.3 Å². The molecule has 1 aliphatic heterocycles. The fourth-order valence-electron chi connectivity index (χ4n) is 3.69. The van der Waals surface area contributed by atoms with Crippen LogP contribution in [0.3, 0.4) is 0 Å². The topological polar surface area (TPSA) is 41.4 Å². The summed E-state index contributed by atoms with van der Waals surface area (Å²) in [6.45, 7) is 10.3. The maximum atomic E-state index is 13.2. The summed E-state index contributed by atoms with van der Waals surface area (Å²) in [5.74, 6) is 1.30. The lowest BCUT2D eigenvalue weighted by Crippen LogP contribution is -2.46. The average molecular weight is 372 g/mol. The Morgan fingerprint density at radius 2 is 1.96 bits per heavy atom. The van der Waals surface area contributed by atoms with Crippen LogP contribution in [0.2, 0.25) is 0 Å². The molecular formula is C21H29FN4O. The molecule has 2 aromatic rings. The summed E-state index contributed by atoms with van der Waals surface area (Å²) < 4.78 is 15.3. The quantitative estimate of drug-likeness (QED) is 0.782. The van der Waals surface area contributed by atoms with Crippen LogP contribution in [0.15, 0.2) is 36.7 Å². The average Bonchev–Trinajstić information content (AvgIpc) is 2.98. The van der Waals surface area contributed by atoms with Gasteiger partial charge in [0.2, 0.25) is 5.91 Å². The van der Waals surface area contributed by atoms with Crippen LogP contribution < -0.4 is 0 Å². The predicted octanol–water partition coefficient (Wildman–Crippen LogP) is 3.09. The Balaban J connectivity index is 1.70. The number of aromatic nitrogens is 2. The maximum absolute atomic E-state index is 13.2. The van der Waals surface area contributed by atoms with Gasteiger partial charge in [-0.15, -0.1) is 0 Å². The van der Waals surface area contributed by atoms with E-state index in [0.717, 1.165) is 37.6 Å². The normalized spacial score (nSPS) is 18.9. The number of amides is 1. The largest absolute Gasteiger partial charge is 0.334 e. The molecule has 0 bridgehead atoms. The molecule has 2 heterocycles. The van der Waals surface area contributed by atoms with Crippen LogP contribution in [-0.2, 0) is 17.9 Å². The first-order chi connectivity index (χ1) is 12.9. The molecule has 0 saturated carbocycles. The van der Waals surface area contributed by atoms with Gasteiger partial charge in [0.05, 0.1) is 0 Å². The Kier molecular flexibility index (Phi) is 6.26. The van der Waals surface area contributed by atoms with E-state index >= 15 is 0 Å². The van der Waals surface area contributed by atoms with Crippen molar-refractivity contribution < 1.29 is 9.18 Å². The molecule has 0 spiro atoms. The van der Waals surface area contributed by atoms with Crippen molar-refractivity contribution in [2.24, 2.45) is 5.92 Å². The molecule has 1 saturated heterocycles. The van der Waals surface area contributed by atoms with Gasteiger partial charge in [-0.1, -0.05) is 26.0 Å². The van der Waals surface area contributed by atoms with Crippen LogP contribution in [0.1, 0.15) is 31.7 Å². The molecule has 6 heteroatoms.